The molecule has 0 heterocycles. The van der Waals surface area contributed by atoms with Gasteiger partial charge in [-0.3, -0.25) is 4.79 Å². The molecule has 0 aromatic heterocycles. The molecule has 26 heavy (non-hydrogen) atoms. The van der Waals surface area contributed by atoms with Gasteiger partial charge in [0.1, 0.15) is 5.75 Å². The van der Waals surface area contributed by atoms with Crippen LogP contribution in [-0.4, -0.2) is 39.8 Å². The highest BCUT2D eigenvalue weighted by Gasteiger charge is 2.28. The van der Waals surface area contributed by atoms with Crippen LogP contribution in [0.2, 0.25) is 0 Å². The third-order valence-electron chi connectivity index (χ3n) is 4.35. The predicted molar refractivity (Wildman–Crippen MR) is 101 cm³/mol. The fourth-order valence-electron chi connectivity index (χ4n) is 2.79. The number of carbonyl (C=O) groups excluding carboxylic acids is 1. The number of hydrogen-bond acceptors (Lipinski definition) is 4. The first kappa shape index (κ1) is 19.9. The van der Waals surface area contributed by atoms with Gasteiger partial charge in [-0.1, -0.05) is 19.1 Å². The molecule has 0 fully saturated rings. The quantitative estimate of drug-likeness (QED) is 0.806. The molecular weight excluding hydrogens is 352 g/mol. The standard InChI is InChI=1S/C19H24N2O4S/c1-5-18(14-6-10-16(25-4)11-7-14)21(3)26(23,24)17-12-8-15(9-13-17)19(22)20-2/h6-13,18H,5H2,1-4H3,(H,20,22). The SMILES string of the molecule is CCC(c1ccc(OC)cc1)N(C)S(=O)(=O)c1ccc(C(=O)NC)cc1. The van der Waals surface area contributed by atoms with Crippen LogP contribution < -0.4 is 10.1 Å². The maximum atomic E-state index is 13.0. The second-order valence-electron chi connectivity index (χ2n) is 5.82. The van der Waals surface area contributed by atoms with Gasteiger partial charge in [0.05, 0.1) is 12.0 Å². The molecule has 0 saturated carbocycles. The summed E-state index contributed by atoms with van der Waals surface area (Å²) in [5.74, 6) is 0.464. The molecule has 6 nitrogen and oxygen atoms in total. The molecule has 1 unspecified atom stereocenters. The second kappa shape index (κ2) is 8.33. The smallest absolute Gasteiger partial charge is 0.251 e. The van der Waals surface area contributed by atoms with Crippen LogP contribution in [0.15, 0.2) is 53.4 Å². The molecule has 2 aromatic carbocycles. The second-order valence-corrected chi connectivity index (χ2v) is 7.82. The zero-order valence-electron chi connectivity index (χ0n) is 15.4. The van der Waals surface area contributed by atoms with Gasteiger partial charge >= 0.3 is 0 Å². The van der Waals surface area contributed by atoms with Crippen LogP contribution in [0, 0.1) is 0 Å². The van der Waals surface area contributed by atoms with E-state index in [9.17, 15) is 13.2 Å². The van der Waals surface area contributed by atoms with E-state index in [-0.39, 0.29) is 16.8 Å². The van der Waals surface area contributed by atoms with E-state index in [4.69, 9.17) is 4.74 Å². The number of carbonyl (C=O) groups is 1. The Morgan fingerprint density at radius 3 is 2.15 bits per heavy atom. The van der Waals surface area contributed by atoms with Crippen molar-refractivity contribution in [2.24, 2.45) is 0 Å². The molecule has 7 heteroatoms. The first-order valence-electron chi connectivity index (χ1n) is 8.29. The summed E-state index contributed by atoms with van der Waals surface area (Å²) >= 11 is 0. The molecule has 0 radical (unpaired) electrons. The third-order valence-corrected chi connectivity index (χ3v) is 6.23. The van der Waals surface area contributed by atoms with E-state index in [0.29, 0.717) is 12.0 Å². The van der Waals surface area contributed by atoms with Crippen LogP contribution >= 0.6 is 0 Å². The van der Waals surface area contributed by atoms with Crippen molar-refractivity contribution in [3.63, 3.8) is 0 Å². The van der Waals surface area contributed by atoms with Crippen molar-refractivity contribution in [3.8, 4) is 5.75 Å². The summed E-state index contributed by atoms with van der Waals surface area (Å²) in [5, 5.41) is 2.51. The molecule has 140 valence electrons. The molecule has 0 aliphatic heterocycles. The number of amides is 1. The number of benzene rings is 2. The molecule has 2 aromatic rings. The lowest BCUT2D eigenvalue weighted by Crippen LogP contribution is -2.31. The minimum absolute atomic E-state index is 0.152. The fraction of sp³-hybridized carbons (Fsp3) is 0.316. The van der Waals surface area contributed by atoms with Gasteiger partial charge in [-0.05, 0) is 48.4 Å². The van der Waals surface area contributed by atoms with E-state index >= 15 is 0 Å². The van der Waals surface area contributed by atoms with Crippen molar-refractivity contribution in [2.75, 3.05) is 21.2 Å². The van der Waals surface area contributed by atoms with E-state index in [2.05, 4.69) is 5.32 Å². The molecule has 0 saturated heterocycles. The van der Waals surface area contributed by atoms with Crippen molar-refractivity contribution in [3.05, 3.63) is 59.7 Å². The van der Waals surface area contributed by atoms with Crippen LogP contribution in [-0.2, 0) is 10.0 Å². The molecule has 1 amide bonds. The van der Waals surface area contributed by atoms with Gasteiger partial charge in [-0.25, -0.2) is 8.42 Å². The Kier molecular flexibility index (Phi) is 6.39. The lowest BCUT2D eigenvalue weighted by atomic mass is 10.0. The molecular formula is C19H24N2O4S. The molecule has 1 atom stereocenters. The summed E-state index contributed by atoms with van der Waals surface area (Å²) in [6, 6.07) is 13.0. The van der Waals surface area contributed by atoms with E-state index in [1.807, 2.05) is 31.2 Å². The average Bonchev–Trinajstić information content (AvgIpc) is 2.68. The Morgan fingerprint density at radius 1 is 1.12 bits per heavy atom. The van der Waals surface area contributed by atoms with Gasteiger partial charge in [-0.15, -0.1) is 0 Å². The maximum absolute atomic E-state index is 13.0. The summed E-state index contributed by atoms with van der Waals surface area (Å²) in [6.45, 7) is 1.94. The van der Waals surface area contributed by atoms with Crippen LogP contribution in [0.25, 0.3) is 0 Å². The number of hydrogen-bond donors (Lipinski definition) is 1. The van der Waals surface area contributed by atoms with Crippen LogP contribution in [0.1, 0.15) is 35.3 Å². The van der Waals surface area contributed by atoms with Crippen molar-refractivity contribution in [1.29, 1.82) is 0 Å². The van der Waals surface area contributed by atoms with Crippen LogP contribution in [0.5, 0.6) is 5.75 Å². The Morgan fingerprint density at radius 2 is 1.69 bits per heavy atom. The number of ether oxygens (including phenoxy) is 1. The maximum Gasteiger partial charge on any atom is 0.251 e. The highest BCUT2D eigenvalue weighted by atomic mass is 32.2. The largest absolute Gasteiger partial charge is 0.497 e. The van der Waals surface area contributed by atoms with Gasteiger partial charge in [0.15, 0.2) is 0 Å². The van der Waals surface area contributed by atoms with Crippen molar-refractivity contribution < 1.29 is 17.9 Å². The first-order valence-corrected chi connectivity index (χ1v) is 9.73. The minimum atomic E-state index is -3.69. The van der Waals surface area contributed by atoms with Crippen molar-refractivity contribution >= 4 is 15.9 Å². The monoisotopic (exact) mass is 376 g/mol. The van der Waals surface area contributed by atoms with Crippen LogP contribution in [0.4, 0.5) is 0 Å². The number of sulfonamides is 1. The highest BCUT2D eigenvalue weighted by molar-refractivity contribution is 7.89. The average molecular weight is 376 g/mol. The summed E-state index contributed by atoms with van der Waals surface area (Å²) < 4.78 is 32.5. The van der Waals surface area contributed by atoms with Gasteiger partial charge in [0.2, 0.25) is 10.0 Å². The van der Waals surface area contributed by atoms with Gasteiger partial charge in [0, 0.05) is 25.7 Å². The Balaban J connectivity index is 2.31. The summed E-state index contributed by atoms with van der Waals surface area (Å²) in [4.78, 5) is 11.8. The van der Waals surface area contributed by atoms with E-state index in [1.165, 1.54) is 35.6 Å². The van der Waals surface area contributed by atoms with Crippen LogP contribution in [0.3, 0.4) is 0 Å². The Bertz CT molecular complexity index is 846. The fourth-order valence-corrected chi connectivity index (χ4v) is 4.20. The molecule has 0 bridgehead atoms. The van der Waals surface area contributed by atoms with Gasteiger partial charge < -0.3 is 10.1 Å². The summed E-state index contributed by atoms with van der Waals surface area (Å²) in [6.07, 6.45) is 0.623. The summed E-state index contributed by atoms with van der Waals surface area (Å²) in [7, 11) is 0.995. The molecule has 0 spiro atoms. The van der Waals surface area contributed by atoms with Crippen molar-refractivity contribution in [1.82, 2.24) is 9.62 Å². The molecule has 1 N–H and O–H groups in total. The lowest BCUT2D eigenvalue weighted by molar-refractivity contribution is 0.0963. The van der Waals surface area contributed by atoms with E-state index in [0.717, 1.165) is 11.3 Å². The number of rotatable bonds is 7. The van der Waals surface area contributed by atoms with E-state index < -0.39 is 10.0 Å². The van der Waals surface area contributed by atoms with Crippen molar-refractivity contribution in [2.45, 2.75) is 24.3 Å². The number of nitrogens with zero attached hydrogens (tertiary/aromatic N) is 1. The third kappa shape index (κ3) is 4.05. The highest BCUT2D eigenvalue weighted by Crippen LogP contribution is 2.29. The molecule has 0 aliphatic carbocycles. The van der Waals surface area contributed by atoms with E-state index in [1.54, 1.807) is 14.2 Å². The van der Waals surface area contributed by atoms with Gasteiger partial charge in [0.25, 0.3) is 5.91 Å². The van der Waals surface area contributed by atoms with Gasteiger partial charge in [-0.2, -0.15) is 4.31 Å². The Hall–Kier alpha value is -2.38. The number of methoxy groups -OCH3 is 1. The zero-order chi connectivity index (χ0) is 19.3. The Labute approximate surface area is 154 Å². The first-order chi connectivity index (χ1) is 12.3. The molecule has 0 aliphatic rings. The normalized spacial score (nSPS) is 12.7. The zero-order valence-corrected chi connectivity index (χ0v) is 16.2. The summed E-state index contributed by atoms with van der Waals surface area (Å²) in [5.41, 5.74) is 1.30. The topological polar surface area (TPSA) is 75.7 Å². The minimum Gasteiger partial charge on any atom is -0.497 e. The lowest BCUT2D eigenvalue weighted by Gasteiger charge is -2.27. The predicted octanol–water partition coefficient (Wildman–Crippen LogP) is 2.83. The number of nitrogens with one attached hydrogen (secondary N) is 1. The molecule has 2 rings (SSSR count).